The van der Waals surface area contributed by atoms with Gasteiger partial charge < -0.3 is 10.1 Å². The van der Waals surface area contributed by atoms with Crippen LogP contribution < -0.4 is 10.1 Å². The van der Waals surface area contributed by atoms with Crippen LogP contribution in [0.1, 0.15) is 6.92 Å². The lowest BCUT2D eigenvalue weighted by Crippen LogP contribution is -2.14. The molecule has 0 fully saturated rings. The zero-order chi connectivity index (χ0) is 19.8. The van der Waals surface area contributed by atoms with Crippen molar-refractivity contribution in [2.45, 2.75) is 18.6 Å². The number of rotatable bonds is 9. The number of hydrogen-bond donors (Lipinski definition) is 1. The van der Waals surface area contributed by atoms with Gasteiger partial charge in [0, 0.05) is 12.2 Å². The van der Waals surface area contributed by atoms with Crippen LogP contribution in [0.25, 0.3) is 11.4 Å². The smallest absolute Gasteiger partial charge is 0.234 e. The number of hydrogen-bond acceptors (Lipinski definition) is 5. The van der Waals surface area contributed by atoms with Crippen LogP contribution in [0.15, 0.2) is 72.4 Å². The van der Waals surface area contributed by atoms with Crippen molar-refractivity contribution in [1.29, 1.82) is 0 Å². The summed E-state index contributed by atoms with van der Waals surface area (Å²) in [6.07, 6.45) is 1.78. The van der Waals surface area contributed by atoms with Crippen LogP contribution >= 0.6 is 11.8 Å². The van der Waals surface area contributed by atoms with Gasteiger partial charge in [-0.3, -0.25) is 9.36 Å². The highest BCUT2D eigenvalue weighted by atomic mass is 32.2. The Hall–Kier alpha value is -3.06. The fraction of sp³-hybridized carbons (Fsp3) is 0.190. The van der Waals surface area contributed by atoms with Gasteiger partial charge in [-0.05, 0) is 31.2 Å². The van der Waals surface area contributed by atoms with Gasteiger partial charge in [-0.15, -0.1) is 16.8 Å². The van der Waals surface area contributed by atoms with Gasteiger partial charge in [0.2, 0.25) is 5.91 Å². The largest absolute Gasteiger partial charge is 0.493 e. The number of anilines is 1. The second-order valence-electron chi connectivity index (χ2n) is 5.84. The Morgan fingerprint density at radius 3 is 2.68 bits per heavy atom. The van der Waals surface area contributed by atoms with E-state index in [1.54, 1.807) is 6.08 Å². The van der Waals surface area contributed by atoms with Gasteiger partial charge in [0.15, 0.2) is 11.0 Å². The van der Waals surface area contributed by atoms with E-state index in [-0.39, 0.29) is 11.7 Å². The fourth-order valence-electron chi connectivity index (χ4n) is 2.67. The molecule has 0 aliphatic heterocycles. The molecular weight excluding hydrogens is 372 g/mol. The average Bonchev–Trinajstić information content (AvgIpc) is 3.11. The molecule has 0 saturated carbocycles. The Bertz CT molecular complexity index is 941. The highest BCUT2D eigenvalue weighted by molar-refractivity contribution is 7.99. The molecule has 7 heteroatoms. The van der Waals surface area contributed by atoms with E-state index < -0.39 is 0 Å². The lowest BCUT2D eigenvalue weighted by atomic mass is 10.2. The maximum absolute atomic E-state index is 12.2. The predicted molar refractivity (Wildman–Crippen MR) is 113 cm³/mol. The van der Waals surface area contributed by atoms with Crippen LogP contribution in [0.2, 0.25) is 0 Å². The Morgan fingerprint density at radius 1 is 1.18 bits per heavy atom. The third-order valence-corrected chi connectivity index (χ3v) is 4.81. The molecule has 1 heterocycles. The van der Waals surface area contributed by atoms with Crippen LogP contribution in [-0.2, 0) is 11.3 Å². The second-order valence-corrected chi connectivity index (χ2v) is 6.78. The number of nitrogens with one attached hydrogen (secondary N) is 1. The minimum atomic E-state index is -0.0966. The molecule has 1 aromatic heterocycles. The Morgan fingerprint density at radius 2 is 1.93 bits per heavy atom. The number of ether oxygens (including phenoxy) is 1. The van der Waals surface area contributed by atoms with Gasteiger partial charge in [-0.2, -0.15) is 0 Å². The lowest BCUT2D eigenvalue weighted by Gasteiger charge is -2.11. The van der Waals surface area contributed by atoms with Crippen molar-refractivity contribution in [2.75, 3.05) is 17.7 Å². The van der Waals surface area contributed by atoms with E-state index in [0.717, 1.165) is 17.0 Å². The summed E-state index contributed by atoms with van der Waals surface area (Å²) in [5.41, 5.74) is 1.63. The lowest BCUT2D eigenvalue weighted by molar-refractivity contribution is -0.113. The van der Waals surface area contributed by atoms with E-state index >= 15 is 0 Å². The summed E-state index contributed by atoms with van der Waals surface area (Å²) in [5.74, 6) is 1.58. The van der Waals surface area contributed by atoms with E-state index in [1.807, 2.05) is 66.1 Å². The van der Waals surface area contributed by atoms with Crippen LogP contribution in [0.4, 0.5) is 5.69 Å². The third kappa shape index (κ3) is 4.80. The van der Waals surface area contributed by atoms with Crippen molar-refractivity contribution < 1.29 is 9.53 Å². The van der Waals surface area contributed by atoms with Gasteiger partial charge in [-0.25, -0.2) is 0 Å². The number of carbonyl (C=O) groups is 1. The van der Waals surface area contributed by atoms with E-state index in [9.17, 15) is 4.79 Å². The molecule has 0 spiro atoms. The van der Waals surface area contributed by atoms with Crippen LogP contribution in [0, 0.1) is 0 Å². The van der Waals surface area contributed by atoms with Crippen molar-refractivity contribution in [1.82, 2.24) is 14.8 Å². The number of allylic oxidation sites excluding steroid dienone is 1. The zero-order valence-corrected chi connectivity index (χ0v) is 16.5. The highest BCUT2D eigenvalue weighted by Crippen LogP contribution is 2.31. The first kappa shape index (κ1) is 19.7. The monoisotopic (exact) mass is 394 g/mol. The number of carbonyl (C=O) groups excluding carboxylic acids is 1. The van der Waals surface area contributed by atoms with Crippen LogP contribution in [0.5, 0.6) is 5.75 Å². The summed E-state index contributed by atoms with van der Waals surface area (Å²) in [6, 6.07) is 17.1. The topological polar surface area (TPSA) is 69.0 Å². The Labute approximate surface area is 168 Å². The number of nitrogens with zero attached hydrogens (tertiary/aromatic N) is 3. The zero-order valence-electron chi connectivity index (χ0n) is 15.7. The van der Waals surface area contributed by atoms with E-state index in [0.29, 0.717) is 24.1 Å². The number of para-hydroxylation sites is 2. The molecule has 3 rings (SSSR count). The van der Waals surface area contributed by atoms with Crippen molar-refractivity contribution >= 4 is 23.4 Å². The molecule has 2 aromatic carbocycles. The average molecular weight is 395 g/mol. The van der Waals surface area contributed by atoms with Crippen molar-refractivity contribution in [3.63, 3.8) is 0 Å². The molecular formula is C21H22N4O2S. The SMILES string of the molecule is C=CCn1c(SCC(=O)Nc2ccccc2)nnc1-c1ccccc1OCC. The van der Waals surface area contributed by atoms with Crippen LogP contribution in [0.3, 0.4) is 0 Å². The second kappa shape index (κ2) is 9.75. The van der Waals surface area contributed by atoms with Crippen molar-refractivity contribution in [2.24, 2.45) is 0 Å². The summed E-state index contributed by atoms with van der Waals surface area (Å²) >= 11 is 1.34. The summed E-state index contributed by atoms with van der Waals surface area (Å²) in [6.45, 7) is 6.86. The van der Waals surface area contributed by atoms with Gasteiger partial charge in [0.1, 0.15) is 5.75 Å². The predicted octanol–water partition coefficient (Wildman–Crippen LogP) is 4.26. The molecule has 0 atom stereocenters. The van der Waals surface area contributed by atoms with Gasteiger partial charge in [0.25, 0.3) is 0 Å². The molecule has 0 bridgehead atoms. The van der Waals surface area contributed by atoms with Gasteiger partial charge >= 0.3 is 0 Å². The third-order valence-electron chi connectivity index (χ3n) is 3.85. The summed E-state index contributed by atoms with van der Waals surface area (Å²) in [4.78, 5) is 12.2. The minimum absolute atomic E-state index is 0.0966. The number of amides is 1. The van der Waals surface area contributed by atoms with Crippen molar-refractivity contribution in [3.05, 3.63) is 67.3 Å². The molecule has 3 aromatic rings. The molecule has 0 unspecified atom stereocenters. The Kier molecular flexibility index (Phi) is 6.86. The minimum Gasteiger partial charge on any atom is -0.493 e. The molecule has 0 aliphatic rings. The number of thioether (sulfide) groups is 1. The first-order valence-electron chi connectivity index (χ1n) is 8.97. The number of aromatic nitrogens is 3. The summed E-state index contributed by atoms with van der Waals surface area (Å²) < 4.78 is 7.66. The fourth-order valence-corrected chi connectivity index (χ4v) is 3.42. The highest BCUT2D eigenvalue weighted by Gasteiger charge is 2.17. The maximum Gasteiger partial charge on any atom is 0.234 e. The molecule has 6 nitrogen and oxygen atoms in total. The normalized spacial score (nSPS) is 10.5. The first-order chi connectivity index (χ1) is 13.7. The molecule has 28 heavy (non-hydrogen) atoms. The summed E-state index contributed by atoms with van der Waals surface area (Å²) in [5, 5.41) is 12.2. The molecule has 0 saturated heterocycles. The summed E-state index contributed by atoms with van der Waals surface area (Å²) in [7, 11) is 0. The van der Waals surface area contributed by atoms with E-state index in [1.165, 1.54) is 11.8 Å². The van der Waals surface area contributed by atoms with Gasteiger partial charge in [-0.1, -0.05) is 48.2 Å². The van der Waals surface area contributed by atoms with Crippen LogP contribution in [-0.4, -0.2) is 33.0 Å². The van der Waals surface area contributed by atoms with E-state index in [2.05, 4.69) is 22.1 Å². The first-order valence-corrected chi connectivity index (χ1v) is 9.95. The molecule has 1 N–H and O–H groups in total. The molecule has 0 aliphatic carbocycles. The molecule has 144 valence electrons. The van der Waals surface area contributed by atoms with Crippen molar-refractivity contribution in [3.8, 4) is 17.1 Å². The van der Waals surface area contributed by atoms with E-state index in [4.69, 9.17) is 4.74 Å². The van der Waals surface area contributed by atoms with Gasteiger partial charge in [0.05, 0.1) is 17.9 Å². The maximum atomic E-state index is 12.2. The number of benzene rings is 2. The Balaban J connectivity index is 1.77. The standard InChI is InChI=1S/C21H22N4O2S/c1-3-14-25-20(17-12-8-9-13-18(17)27-4-2)23-24-21(25)28-15-19(26)22-16-10-6-5-7-11-16/h3,5-13H,1,4,14-15H2,2H3,(H,22,26). The molecule has 0 radical (unpaired) electrons. The quantitative estimate of drug-likeness (QED) is 0.434. The molecule has 1 amide bonds.